The van der Waals surface area contributed by atoms with Crippen LogP contribution in [0.2, 0.25) is 0 Å². The fourth-order valence-corrected chi connectivity index (χ4v) is 3.06. The average Bonchev–Trinajstić information content (AvgIpc) is 2.46. The van der Waals surface area contributed by atoms with Crippen molar-refractivity contribution in [1.29, 1.82) is 0 Å². The molecular formula is C16H19NO2. The molecule has 19 heavy (non-hydrogen) atoms. The summed E-state index contributed by atoms with van der Waals surface area (Å²) in [4.78, 5) is 25.5. The Bertz CT molecular complexity index is 521. The van der Waals surface area contributed by atoms with E-state index in [0.717, 1.165) is 24.8 Å². The molecule has 0 atom stereocenters. The first kappa shape index (κ1) is 12.4. The number of aryl methyl sites for hydroxylation is 2. The second-order valence-corrected chi connectivity index (χ2v) is 5.56. The fraction of sp³-hybridized carbons (Fsp3) is 0.500. The van der Waals surface area contributed by atoms with Gasteiger partial charge in [0, 0.05) is 18.5 Å². The van der Waals surface area contributed by atoms with Gasteiger partial charge in [0.05, 0.1) is 6.54 Å². The van der Waals surface area contributed by atoms with Crippen molar-refractivity contribution in [3.8, 4) is 0 Å². The average molecular weight is 257 g/mol. The third-order valence-electron chi connectivity index (χ3n) is 4.13. The standard InChI is InChI=1S/C16H19NO2/c18-15-6-3-9-17(11-15)16(19)14-8-7-12-4-1-2-5-13(12)10-14/h7-8,10H,1-6,9,11H2. The number of carbonyl (C=O) groups excluding carboxylic acids is 2. The number of carbonyl (C=O) groups is 2. The lowest BCUT2D eigenvalue weighted by Gasteiger charge is -2.26. The van der Waals surface area contributed by atoms with Gasteiger partial charge in [-0.2, -0.15) is 0 Å². The highest BCUT2D eigenvalue weighted by Crippen LogP contribution is 2.23. The lowest BCUT2D eigenvalue weighted by molar-refractivity contribution is -0.121. The molecule has 0 unspecified atom stereocenters. The number of hydrogen-bond donors (Lipinski definition) is 0. The zero-order chi connectivity index (χ0) is 13.2. The van der Waals surface area contributed by atoms with Crippen LogP contribution in [-0.4, -0.2) is 29.7 Å². The Hall–Kier alpha value is -1.64. The molecule has 0 radical (unpaired) electrons. The predicted molar refractivity (Wildman–Crippen MR) is 73.2 cm³/mol. The molecule has 1 aromatic rings. The van der Waals surface area contributed by atoms with Crippen molar-refractivity contribution in [2.45, 2.75) is 38.5 Å². The molecule has 1 heterocycles. The van der Waals surface area contributed by atoms with Gasteiger partial charge in [-0.3, -0.25) is 9.59 Å². The van der Waals surface area contributed by atoms with E-state index >= 15 is 0 Å². The maximum Gasteiger partial charge on any atom is 0.254 e. The van der Waals surface area contributed by atoms with E-state index in [4.69, 9.17) is 0 Å². The van der Waals surface area contributed by atoms with E-state index in [2.05, 4.69) is 6.07 Å². The number of nitrogens with zero attached hydrogens (tertiary/aromatic N) is 1. The lowest BCUT2D eigenvalue weighted by Crippen LogP contribution is -2.40. The van der Waals surface area contributed by atoms with E-state index in [9.17, 15) is 9.59 Å². The Morgan fingerprint density at radius 1 is 1.00 bits per heavy atom. The summed E-state index contributed by atoms with van der Waals surface area (Å²) in [6.07, 6.45) is 6.10. The van der Waals surface area contributed by atoms with Gasteiger partial charge < -0.3 is 4.90 Å². The zero-order valence-corrected chi connectivity index (χ0v) is 11.2. The van der Waals surface area contributed by atoms with Crippen molar-refractivity contribution in [2.75, 3.05) is 13.1 Å². The van der Waals surface area contributed by atoms with E-state index < -0.39 is 0 Å². The van der Waals surface area contributed by atoms with E-state index in [-0.39, 0.29) is 18.2 Å². The Morgan fingerprint density at radius 3 is 2.58 bits per heavy atom. The van der Waals surface area contributed by atoms with Crippen LogP contribution in [0, 0.1) is 0 Å². The minimum absolute atomic E-state index is 0.0152. The zero-order valence-electron chi connectivity index (χ0n) is 11.2. The van der Waals surface area contributed by atoms with Crippen LogP contribution in [-0.2, 0) is 17.6 Å². The third-order valence-corrected chi connectivity index (χ3v) is 4.13. The molecule has 1 aliphatic carbocycles. The number of benzene rings is 1. The molecule has 3 rings (SSSR count). The number of ketones is 1. The molecule has 2 aliphatic rings. The van der Waals surface area contributed by atoms with Crippen LogP contribution in [0.25, 0.3) is 0 Å². The van der Waals surface area contributed by atoms with Crippen LogP contribution in [0.1, 0.15) is 47.2 Å². The van der Waals surface area contributed by atoms with Crippen molar-refractivity contribution < 1.29 is 9.59 Å². The minimum Gasteiger partial charge on any atom is -0.331 e. The van der Waals surface area contributed by atoms with Crippen LogP contribution in [0.15, 0.2) is 18.2 Å². The van der Waals surface area contributed by atoms with Gasteiger partial charge in [0.25, 0.3) is 5.91 Å². The summed E-state index contributed by atoms with van der Waals surface area (Å²) in [6, 6.07) is 6.05. The molecule has 1 amide bonds. The van der Waals surface area contributed by atoms with Gasteiger partial charge in [-0.05, 0) is 55.4 Å². The van der Waals surface area contributed by atoms with E-state index in [1.807, 2.05) is 12.1 Å². The highest BCUT2D eigenvalue weighted by molar-refractivity contribution is 5.97. The highest BCUT2D eigenvalue weighted by Gasteiger charge is 2.23. The lowest BCUT2D eigenvalue weighted by atomic mass is 9.90. The highest BCUT2D eigenvalue weighted by atomic mass is 16.2. The van der Waals surface area contributed by atoms with Crippen LogP contribution in [0.3, 0.4) is 0 Å². The molecule has 1 saturated heterocycles. The summed E-state index contributed by atoms with van der Waals surface area (Å²) in [7, 11) is 0. The van der Waals surface area contributed by atoms with Crippen molar-refractivity contribution >= 4 is 11.7 Å². The number of hydrogen-bond acceptors (Lipinski definition) is 2. The van der Waals surface area contributed by atoms with E-state index in [1.54, 1.807) is 4.90 Å². The Morgan fingerprint density at radius 2 is 1.79 bits per heavy atom. The molecule has 100 valence electrons. The van der Waals surface area contributed by atoms with Crippen LogP contribution in [0.5, 0.6) is 0 Å². The molecule has 0 spiro atoms. The van der Waals surface area contributed by atoms with Crippen LogP contribution in [0.4, 0.5) is 0 Å². The number of piperidine rings is 1. The second-order valence-electron chi connectivity index (χ2n) is 5.56. The van der Waals surface area contributed by atoms with Gasteiger partial charge in [0.1, 0.15) is 0 Å². The molecule has 3 heteroatoms. The number of fused-ring (bicyclic) bond motifs is 1. The monoisotopic (exact) mass is 257 g/mol. The molecule has 0 aromatic heterocycles. The topological polar surface area (TPSA) is 37.4 Å². The largest absolute Gasteiger partial charge is 0.331 e. The SMILES string of the molecule is O=C1CCCN(C(=O)c2ccc3c(c2)CCCC3)C1. The summed E-state index contributed by atoms with van der Waals surface area (Å²) < 4.78 is 0. The Labute approximate surface area is 113 Å². The Kier molecular flexibility index (Phi) is 3.36. The normalized spacial score (nSPS) is 19.2. The molecule has 0 saturated carbocycles. The van der Waals surface area contributed by atoms with Gasteiger partial charge in [-0.15, -0.1) is 0 Å². The Balaban J connectivity index is 1.81. The first-order valence-electron chi connectivity index (χ1n) is 7.17. The van der Waals surface area contributed by atoms with E-state index in [1.165, 1.54) is 24.0 Å². The third kappa shape index (κ3) is 2.55. The quantitative estimate of drug-likeness (QED) is 0.774. The number of amides is 1. The maximum absolute atomic E-state index is 12.4. The number of rotatable bonds is 1. The number of Topliss-reactive ketones (excluding diaryl/α,β-unsaturated/α-hetero) is 1. The van der Waals surface area contributed by atoms with E-state index in [0.29, 0.717) is 13.0 Å². The van der Waals surface area contributed by atoms with Gasteiger partial charge in [0.2, 0.25) is 0 Å². The van der Waals surface area contributed by atoms with Gasteiger partial charge in [-0.1, -0.05) is 6.07 Å². The molecule has 3 nitrogen and oxygen atoms in total. The summed E-state index contributed by atoms with van der Waals surface area (Å²) in [6.45, 7) is 0.998. The minimum atomic E-state index is 0.0152. The maximum atomic E-state index is 12.4. The summed E-state index contributed by atoms with van der Waals surface area (Å²) in [5.74, 6) is 0.194. The smallest absolute Gasteiger partial charge is 0.254 e. The molecule has 0 N–H and O–H groups in total. The predicted octanol–water partition coefficient (Wildman–Crippen LogP) is 2.37. The van der Waals surface area contributed by atoms with Crippen LogP contribution < -0.4 is 0 Å². The van der Waals surface area contributed by atoms with Crippen molar-refractivity contribution in [3.63, 3.8) is 0 Å². The van der Waals surface area contributed by atoms with Gasteiger partial charge in [0.15, 0.2) is 5.78 Å². The van der Waals surface area contributed by atoms with Crippen molar-refractivity contribution in [1.82, 2.24) is 4.90 Å². The summed E-state index contributed by atoms with van der Waals surface area (Å²) >= 11 is 0. The second kappa shape index (κ2) is 5.16. The van der Waals surface area contributed by atoms with Crippen molar-refractivity contribution in [3.05, 3.63) is 34.9 Å². The summed E-state index contributed by atoms with van der Waals surface area (Å²) in [5, 5.41) is 0. The molecule has 1 aliphatic heterocycles. The van der Waals surface area contributed by atoms with Crippen LogP contribution >= 0.6 is 0 Å². The molecule has 1 aromatic carbocycles. The van der Waals surface area contributed by atoms with Gasteiger partial charge in [-0.25, -0.2) is 0 Å². The first-order chi connectivity index (χ1) is 9.24. The summed E-state index contributed by atoms with van der Waals surface area (Å²) in [5.41, 5.74) is 3.45. The number of likely N-dealkylation sites (tertiary alicyclic amines) is 1. The van der Waals surface area contributed by atoms with Gasteiger partial charge >= 0.3 is 0 Å². The fourth-order valence-electron chi connectivity index (χ4n) is 3.06. The molecular weight excluding hydrogens is 238 g/mol. The first-order valence-corrected chi connectivity index (χ1v) is 7.17. The van der Waals surface area contributed by atoms with Crippen molar-refractivity contribution in [2.24, 2.45) is 0 Å². The molecule has 0 bridgehead atoms. The molecule has 1 fully saturated rings.